The maximum atomic E-state index is 12.2. The molecule has 0 aromatic heterocycles. The van der Waals surface area contributed by atoms with Crippen LogP contribution in [0.1, 0.15) is 25.7 Å². The molecular formula is C12H18N2O2. The van der Waals surface area contributed by atoms with Crippen molar-refractivity contribution in [3.63, 3.8) is 0 Å². The van der Waals surface area contributed by atoms with Crippen molar-refractivity contribution >= 4 is 5.91 Å². The molecule has 4 nitrogen and oxygen atoms in total. The fourth-order valence-corrected chi connectivity index (χ4v) is 2.21. The van der Waals surface area contributed by atoms with E-state index in [-0.39, 0.29) is 19.1 Å². The SMILES string of the molecule is C=CCN(CCO)C(=O)C1(C#N)CCCC1. The number of amides is 1. The molecule has 16 heavy (non-hydrogen) atoms. The predicted octanol–water partition coefficient (Wildman–Crippen LogP) is 1.08. The number of nitrogens with zero attached hydrogens (tertiary/aromatic N) is 2. The molecule has 0 spiro atoms. The second kappa shape index (κ2) is 5.66. The Morgan fingerprint density at radius 3 is 2.62 bits per heavy atom. The normalized spacial score (nSPS) is 17.8. The molecule has 1 rings (SSSR count). The van der Waals surface area contributed by atoms with Crippen LogP contribution in [0.15, 0.2) is 12.7 Å². The van der Waals surface area contributed by atoms with Crippen LogP contribution in [0.3, 0.4) is 0 Å². The standard InChI is InChI=1S/C12H18N2O2/c1-2-7-14(8-9-15)11(16)12(10-13)5-3-4-6-12/h2,15H,1,3-9H2. The Balaban J connectivity index is 2.79. The molecule has 1 N–H and O–H groups in total. The van der Waals surface area contributed by atoms with Gasteiger partial charge in [0.25, 0.3) is 0 Å². The summed E-state index contributed by atoms with van der Waals surface area (Å²) in [5.41, 5.74) is -0.849. The highest BCUT2D eigenvalue weighted by atomic mass is 16.3. The van der Waals surface area contributed by atoms with E-state index < -0.39 is 5.41 Å². The molecule has 0 heterocycles. The molecule has 0 saturated heterocycles. The van der Waals surface area contributed by atoms with Gasteiger partial charge in [0, 0.05) is 13.1 Å². The van der Waals surface area contributed by atoms with Crippen molar-refractivity contribution in [2.45, 2.75) is 25.7 Å². The summed E-state index contributed by atoms with van der Waals surface area (Å²) >= 11 is 0. The largest absolute Gasteiger partial charge is 0.395 e. The molecular weight excluding hydrogens is 204 g/mol. The van der Waals surface area contributed by atoms with Gasteiger partial charge in [-0.25, -0.2) is 0 Å². The molecule has 0 unspecified atom stereocenters. The zero-order chi connectivity index (χ0) is 12.0. The highest BCUT2D eigenvalue weighted by molar-refractivity contribution is 5.86. The van der Waals surface area contributed by atoms with Crippen LogP contribution in [-0.2, 0) is 4.79 Å². The molecule has 4 heteroatoms. The summed E-state index contributed by atoms with van der Waals surface area (Å²) in [4.78, 5) is 13.7. The van der Waals surface area contributed by atoms with Gasteiger partial charge in [0.1, 0.15) is 5.41 Å². The number of hydrogen-bond donors (Lipinski definition) is 1. The van der Waals surface area contributed by atoms with Crippen molar-refractivity contribution in [1.82, 2.24) is 4.90 Å². The molecule has 0 radical (unpaired) electrons. The summed E-state index contributed by atoms with van der Waals surface area (Å²) in [6.45, 7) is 4.16. The minimum Gasteiger partial charge on any atom is -0.395 e. The van der Waals surface area contributed by atoms with E-state index >= 15 is 0 Å². The molecule has 0 aliphatic heterocycles. The summed E-state index contributed by atoms with van der Waals surface area (Å²) in [5.74, 6) is -0.151. The van der Waals surface area contributed by atoms with Crippen molar-refractivity contribution in [2.24, 2.45) is 5.41 Å². The monoisotopic (exact) mass is 222 g/mol. The van der Waals surface area contributed by atoms with Crippen LogP contribution in [0.25, 0.3) is 0 Å². The Morgan fingerprint density at radius 1 is 1.56 bits per heavy atom. The van der Waals surface area contributed by atoms with E-state index in [1.165, 1.54) is 4.90 Å². The first-order valence-electron chi connectivity index (χ1n) is 5.62. The van der Waals surface area contributed by atoms with Crippen LogP contribution in [0.5, 0.6) is 0 Å². The topological polar surface area (TPSA) is 64.3 Å². The second-order valence-corrected chi connectivity index (χ2v) is 4.16. The zero-order valence-electron chi connectivity index (χ0n) is 9.48. The summed E-state index contributed by atoms with van der Waals surface area (Å²) in [5, 5.41) is 18.1. The molecule has 1 saturated carbocycles. The molecule has 88 valence electrons. The molecule has 0 bridgehead atoms. The third kappa shape index (κ3) is 2.42. The first-order chi connectivity index (χ1) is 7.70. The molecule has 1 amide bonds. The zero-order valence-corrected chi connectivity index (χ0v) is 9.48. The van der Waals surface area contributed by atoms with Gasteiger partial charge in [-0.3, -0.25) is 4.79 Å². The van der Waals surface area contributed by atoms with Gasteiger partial charge in [-0.1, -0.05) is 18.9 Å². The van der Waals surface area contributed by atoms with Crippen LogP contribution in [0.2, 0.25) is 0 Å². The number of hydrogen-bond acceptors (Lipinski definition) is 3. The third-order valence-corrected chi connectivity index (χ3v) is 3.09. The highest BCUT2D eigenvalue weighted by Crippen LogP contribution is 2.39. The molecule has 1 aliphatic carbocycles. The predicted molar refractivity (Wildman–Crippen MR) is 60.4 cm³/mol. The number of carbonyl (C=O) groups is 1. The van der Waals surface area contributed by atoms with E-state index in [2.05, 4.69) is 12.6 Å². The first kappa shape index (κ1) is 12.7. The van der Waals surface area contributed by atoms with Crippen LogP contribution in [-0.4, -0.2) is 35.6 Å². The van der Waals surface area contributed by atoms with Crippen molar-refractivity contribution < 1.29 is 9.90 Å². The van der Waals surface area contributed by atoms with Gasteiger partial charge in [0.2, 0.25) is 5.91 Å². The van der Waals surface area contributed by atoms with Crippen molar-refractivity contribution in [3.8, 4) is 6.07 Å². The van der Waals surface area contributed by atoms with Crippen LogP contribution < -0.4 is 0 Å². The number of rotatable bonds is 5. The number of aliphatic hydroxyl groups is 1. The van der Waals surface area contributed by atoms with Gasteiger partial charge in [-0.05, 0) is 12.8 Å². The van der Waals surface area contributed by atoms with E-state index in [4.69, 9.17) is 5.11 Å². The van der Waals surface area contributed by atoms with Gasteiger partial charge < -0.3 is 10.0 Å². The lowest BCUT2D eigenvalue weighted by atomic mass is 9.86. The summed E-state index contributed by atoms with van der Waals surface area (Å²) in [6.07, 6.45) is 4.76. The Hall–Kier alpha value is -1.34. The highest BCUT2D eigenvalue weighted by Gasteiger charge is 2.43. The third-order valence-electron chi connectivity index (χ3n) is 3.09. The van der Waals surface area contributed by atoms with Gasteiger partial charge in [0.05, 0.1) is 12.7 Å². The summed E-state index contributed by atoms with van der Waals surface area (Å²) < 4.78 is 0. The van der Waals surface area contributed by atoms with Gasteiger partial charge in [0.15, 0.2) is 0 Å². The van der Waals surface area contributed by atoms with E-state index in [9.17, 15) is 10.1 Å². The quantitative estimate of drug-likeness (QED) is 0.708. The smallest absolute Gasteiger partial charge is 0.243 e. The van der Waals surface area contributed by atoms with Gasteiger partial charge in [-0.15, -0.1) is 6.58 Å². The summed E-state index contributed by atoms with van der Waals surface area (Å²) in [6, 6.07) is 2.17. The van der Waals surface area contributed by atoms with Gasteiger partial charge in [-0.2, -0.15) is 5.26 Å². The average molecular weight is 222 g/mol. The average Bonchev–Trinajstić information content (AvgIpc) is 2.77. The fraction of sp³-hybridized carbons (Fsp3) is 0.667. The Kier molecular flexibility index (Phi) is 4.51. The molecule has 0 atom stereocenters. The Labute approximate surface area is 96.2 Å². The minimum atomic E-state index is -0.849. The minimum absolute atomic E-state index is 0.0823. The lowest BCUT2D eigenvalue weighted by molar-refractivity contribution is -0.138. The van der Waals surface area contributed by atoms with Gasteiger partial charge >= 0.3 is 0 Å². The number of aliphatic hydroxyl groups excluding tert-OH is 1. The van der Waals surface area contributed by atoms with E-state index in [1.807, 2.05) is 0 Å². The molecule has 1 fully saturated rings. The van der Waals surface area contributed by atoms with Crippen molar-refractivity contribution in [2.75, 3.05) is 19.7 Å². The van der Waals surface area contributed by atoms with Crippen molar-refractivity contribution in [3.05, 3.63) is 12.7 Å². The van der Waals surface area contributed by atoms with E-state index in [1.54, 1.807) is 6.08 Å². The van der Waals surface area contributed by atoms with Crippen molar-refractivity contribution in [1.29, 1.82) is 5.26 Å². The van der Waals surface area contributed by atoms with Crippen LogP contribution >= 0.6 is 0 Å². The fourth-order valence-electron chi connectivity index (χ4n) is 2.21. The Morgan fingerprint density at radius 2 is 2.19 bits per heavy atom. The number of carbonyl (C=O) groups excluding carboxylic acids is 1. The lowest BCUT2D eigenvalue weighted by Gasteiger charge is -2.28. The van der Waals surface area contributed by atoms with Crippen LogP contribution in [0, 0.1) is 16.7 Å². The first-order valence-corrected chi connectivity index (χ1v) is 5.62. The lowest BCUT2D eigenvalue weighted by Crippen LogP contribution is -2.43. The van der Waals surface area contributed by atoms with E-state index in [0.29, 0.717) is 19.4 Å². The number of nitriles is 1. The maximum Gasteiger partial charge on any atom is 0.243 e. The molecule has 0 aromatic carbocycles. The summed E-state index contributed by atoms with van der Waals surface area (Å²) in [7, 11) is 0. The molecule has 0 aromatic rings. The second-order valence-electron chi connectivity index (χ2n) is 4.16. The van der Waals surface area contributed by atoms with E-state index in [0.717, 1.165) is 12.8 Å². The molecule has 1 aliphatic rings. The maximum absolute atomic E-state index is 12.2. The van der Waals surface area contributed by atoms with Crippen LogP contribution in [0.4, 0.5) is 0 Å². The Bertz CT molecular complexity index is 301.